The fraction of sp³-hybridized carbons (Fsp3) is 0.600. The van der Waals surface area contributed by atoms with E-state index in [-0.39, 0.29) is 0 Å². The van der Waals surface area contributed by atoms with Gasteiger partial charge in [-0.3, -0.25) is 0 Å². The summed E-state index contributed by atoms with van der Waals surface area (Å²) in [4.78, 5) is 0. The molecule has 0 bridgehead atoms. The molecule has 0 saturated carbocycles. The largest absolute Gasteiger partial charge is 0.399 e. The fourth-order valence-corrected chi connectivity index (χ4v) is 3.09. The van der Waals surface area contributed by atoms with E-state index < -0.39 is 0 Å². The lowest BCUT2D eigenvalue weighted by Gasteiger charge is -2.25. The Bertz CT molecular complexity index is 413. The van der Waals surface area contributed by atoms with E-state index in [1.165, 1.54) is 36.8 Å². The number of nitrogens with one attached hydrogen (secondary N) is 1. The summed E-state index contributed by atoms with van der Waals surface area (Å²) in [6, 6.07) is 6.80. The number of benzene rings is 1. The molecule has 98 valence electrons. The number of rotatable bonds is 3. The van der Waals surface area contributed by atoms with Gasteiger partial charge in [0.2, 0.25) is 0 Å². The third-order valence-electron chi connectivity index (χ3n) is 4.11. The van der Waals surface area contributed by atoms with Gasteiger partial charge in [-0.25, -0.2) is 0 Å². The van der Waals surface area contributed by atoms with Gasteiger partial charge in [0.1, 0.15) is 0 Å². The maximum atomic E-state index is 5.83. The Hall–Kier alpha value is -1.06. The molecule has 1 fully saturated rings. The maximum absolute atomic E-state index is 5.83. The Morgan fingerprint density at radius 1 is 1.28 bits per heavy atom. The van der Waals surface area contributed by atoms with Crippen molar-refractivity contribution in [3.63, 3.8) is 0 Å². The van der Waals surface area contributed by atoms with Crippen LogP contribution in [0.25, 0.3) is 0 Å². The predicted octanol–water partition coefficient (Wildman–Crippen LogP) is 2.41. The molecule has 1 heterocycles. The van der Waals surface area contributed by atoms with E-state index in [9.17, 15) is 0 Å². The molecule has 1 aromatic rings. The molecule has 0 aromatic heterocycles. The number of nitrogen functional groups attached to an aromatic ring is 1. The van der Waals surface area contributed by atoms with Crippen molar-refractivity contribution in [2.45, 2.75) is 44.2 Å². The molecule has 0 radical (unpaired) electrons. The second kappa shape index (κ2) is 5.29. The molecular formula is C15H22N2O. The standard InChI is InChI=1S/C15H22N2O/c16-12-5-6-14-11(9-12)4-7-15(14)17-10-13-3-1-2-8-18-13/h5-6,9,13,15,17H,1-4,7-8,10,16H2. The predicted molar refractivity (Wildman–Crippen MR) is 73.5 cm³/mol. The molecule has 1 aliphatic heterocycles. The summed E-state index contributed by atoms with van der Waals surface area (Å²) in [7, 11) is 0. The normalized spacial score (nSPS) is 27.1. The van der Waals surface area contributed by atoms with Crippen molar-refractivity contribution >= 4 is 5.69 Å². The highest BCUT2D eigenvalue weighted by Gasteiger charge is 2.23. The van der Waals surface area contributed by atoms with Crippen LogP contribution in [-0.2, 0) is 11.2 Å². The van der Waals surface area contributed by atoms with E-state index in [0.717, 1.165) is 25.3 Å². The molecular weight excluding hydrogens is 224 g/mol. The van der Waals surface area contributed by atoms with Crippen molar-refractivity contribution in [1.29, 1.82) is 0 Å². The Balaban J connectivity index is 1.59. The Morgan fingerprint density at radius 2 is 2.22 bits per heavy atom. The number of nitrogens with two attached hydrogens (primary N) is 1. The Morgan fingerprint density at radius 3 is 3.06 bits per heavy atom. The zero-order valence-corrected chi connectivity index (χ0v) is 10.8. The Labute approximate surface area is 109 Å². The number of hydrogen-bond acceptors (Lipinski definition) is 3. The van der Waals surface area contributed by atoms with Crippen molar-refractivity contribution in [1.82, 2.24) is 5.32 Å². The van der Waals surface area contributed by atoms with Gasteiger partial charge < -0.3 is 15.8 Å². The van der Waals surface area contributed by atoms with Gasteiger partial charge >= 0.3 is 0 Å². The van der Waals surface area contributed by atoms with Crippen LogP contribution in [0, 0.1) is 0 Å². The summed E-state index contributed by atoms with van der Waals surface area (Å²) < 4.78 is 5.76. The number of hydrogen-bond donors (Lipinski definition) is 2. The molecule has 3 nitrogen and oxygen atoms in total. The van der Waals surface area contributed by atoms with Gasteiger partial charge in [-0.05, 0) is 55.4 Å². The first-order chi connectivity index (χ1) is 8.83. The van der Waals surface area contributed by atoms with Crippen LogP contribution < -0.4 is 11.1 Å². The van der Waals surface area contributed by atoms with Crippen molar-refractivity contribution in [3.05, 3.63) is 29.3 Å². The SMILES string of the molecule is Nc1ccc2c(c1)CCC2NCC1CCCCO1. The zero-order chi connectivity index (χ0) is 12.4. The van der Waals surface area contributed by atoms with E-state index in [0.29, 0.717) is 12.1 Å². The molecule has 3 N–H and O–H groups in total. The number of ether oxygens (including phenoxy) is 1. The monoisotopic (exact) mass is 246 g/mol. The van der Waals surface area contributed by atoms with E-state index >= 15 is 0 Å². The van der Waals surface area contributed by atoms with Gasteiger partial charge in [-0.2, -0.15) is 0 Å². The zero-order valence-electron chi connectivity index (χ0n) is 10.8. The summed E-state index contributed by atoms with van der Waals surface area (Å²) >= 11 is 0. The second-order valence-electron chi connectivity index (χ2n) is 5.45. The minimum atomic E-state index is 0.414. The van der Waals surface area contributed by atoms with Gasteiger partial charge in [0, 0.05) is 24.9 Å². The van der Waals surface area contributed by atoms with Crippen LogP contribution in [0.1, 0.15) is 42.9 Å². The average Bonchev–Trinajstić information content (AvgIpc) is 2.80. The van der Waals surface area contributed by atoms with Gasteiger partial charge in [0.15, 0.2) is 0 Å². The quantitative estimate of drug-likeness (QED) is 0.805. The van der Waals surface area contributed by atoms with Crippen LogP contribution in [-0.4, -0.2) is 19.3 Å². The molecule has 2 aliphatic rings. The first-order valence-corrected chi connectivity index (χ1v) is 7.06. The van der Waals surface area contributed by atoms with Crippen LogP contribution in [0.3, 0.4) is 0 Å². The number of fused-ring (bicyclic) bond motifs is 1. The van der Waals surface area contributed by atoms with Crippen molar-refractivity contribution < 1.29 is 4.74 Å². The van der Waals surface area contributed by atoms with Crippen LogP contribution in [0.2, 0.25) is 0 Å². The molecule has 0 amide bonds. The van der Waals surface area contributed by atoms with E-state index in [2.05, 4.69) is 17.4 Å². The molecule has 2 atom stereocenters. The summed E-state index contributed by atoms with van der Waals surface area (Å²) in [5, 5.41) is 3.66. The van der Waals surface area contributed by atoms with Crippen molar-refractivity contribution in [2.75, 3.05) is 18.9 Å². The number of anilines is 1. The highest BCUT2D eigenvalue weighted by atomic mass is 16.5. The lowest BCUT2D eigenvalue weighted by molar-refractivity contribution is 0.0153. The third-order valence-corrected chi connectivity index (χ3v) is 4.11. The maximum Gasteiger partial charge on any atom is 0.0699 e. The molecule has 0 spiro atoms. The molecule has 1 aliphatic carbocycles. The minimum absolute atomic E-state index is 0.414. The van der Waals surface area contributed by atoms with E-state index in [1.54, 1.807) is 0 Å². The smallest absolute Gasteiger partial charge is 0.0699 e. The van der Waals surface area contributed by atoms with Gasteiger partial charge in [0.25, 0.3) is 0 Å². The molecule has 1 aromatic carbocycles. The molecule has 18 heavy (non-hydrogen) atoms. The minimum Gasteiger partial charge on any atom is -0.399 e. The highest BCUT2D eigenvalue weighted by Crippen LogP contribution is 2.32. The lowest BCUT2D eigenvalue weighted by Crippen LogP contribution is -2.33. The topological polar surface area (TPSA) is 47.3 Å². The fourth-order valence-electron chi connectivity index (χ4n) is 3.09. The first-order valence-electron chi connectivity index (χ1n) is 7.06. The summed E-state index contributed by atoms with van der Waals surface area (Å²) in [5.74, 6) is 0. The third kappa shape index (κ3) is 2.52. The molecule has 3 heteroatoms. The van der Waals surface area contributed by atoms with Gasteiger partial charge in [0.05, 0.1) is 6.10 Å². The van der Waals surface area contributed by atoms with E-state index in [1.807, 2.05) is 6.07 Å². The summed E-state index contributed by atoms with van der Waals surface area (Å²) in [6.07, 6.45) is 6.48. The lowest BCUT2D eigenvalue weighted by atomic mass is 10.1. The van der Waals surface area contributed by atoms with E-state index in [4.69, 9.17) is 10.5 Å². The van der Waals surface area contributed by atoms with Gasteiger partial charge in [-0.1, -0.05) is 6.07 Å². The average molecular weight is 246 g/mol. The summed E-state index contributed by atoms with van der Waals surface area (Å²) in [6.45, 7) is 1.92. The van der Waals surface area contributed by atoms with Crippen molar-refractivity contribution in [3.8, 4) is 0 Å². The Kier molecular flexibility index (Phi) is 3.52. The van der Waals surface area contributed by atoms with Crippen LogP contribution in [0.5, 0.6) is 0 Å². The molecule has 1 saturated heterocycles. The van der Waals surface area contributed by atoms with Crippen LogP contribution in [0.4, 0.5) is 5.69 Å². The second-order valence-corrected chi connectivity index (χ2v) is 5.45. The molecule has 3 rings (SSSR count). The first kappa shape index (κ1) is 12.0. The van der Waals surface area contributed by atoms with Crippen LogP contribution >= 0.6 is 0 Å². The van der Waals surface area contributed by atoms with Crippen LogP contribution in [0.15, 0.2) is 18.2 Å². The molecule has 2 unspecified atom stereocenters. The van der Waals surface area contributed by atoms with Gasteiger partial charge in [-0.15, -0.1) is 0 Å². The highest BCUT2D eigenvalue weighted by molar-refractivity contribution is 5.47. The van der Waals surface area contributed by atoms with Crippen molar-refractivity contribution in [2.24, 2.45) is 0 Å². The number of aryl methyl sites for hydroxylation is 1. The summed E-state index contributed by atoms with van der Waals surface area (Å²) in [5.41, 5.74) is 9.55.